The van der Waals surface area contributed by atoms with Gasteiger partial charge in [0, 0.05) is 11.6 Å². The van der Waals surface area contributed by atoms with Crippen LogP contribution in [0, 0.1) is 0 Å². The van der Waals surface area contributed by atoms with Gasteiger partial charge in [0.2, 0.25) is 10.0 Å². The number of carbonyl (C=O) groups is 1. The molecule has 11 heteroatoms. The molecule has 0 spiro atoms. The Bertz CT molecular complexity index is 1060. The van der Waals surface area contributed by atoms with Crippen LogP contribution in [0.15, 0.2) is 41.4 Å². The van der Waals surface area contributed by atoms with Crippen molar-refractivity contribution in [1.82, 2.24) is 15.0 Å². The van der Waals surface area contributed by atoms with Crippen LogP contribution in [-0.2, 0) is 24.6 Å². The summed E-state index contributed by atoms with van der Waals surface area (Å²) in [5, 5.41) is 3.05. The van der Waals surface area contributed by atoms with E-state index in [9.17, 15) is 21.6 Å². The number of para-hydroxylation sites is 1. The third kappa shape index (κ3) is 4.37. The maximum Gasteiger partial charge on any atom is 0.407 e. The van der Waals surface area contributed by atoms with Crippen LogP contribution >= 0.6 is 0 Å². The molecule has 2 aromatic rings. The highest BCUT2D eigenvalue weighted by Gasteiger charge is 2.41. The number of pyridine rings is 1. The molecule has 1 aliphatic rings. The molecule has 1 saturated heterocycles. The van der Waals surface area contributed by atoms with Crippen LogP contribution in [0.1, 0.15) is 6.92 Å². The number of carbonyl (C=O) groups excluding carboxylic acids is 1. The second-order valence-corrected chi connectivity index (χ2v) is 9.94. The second kappa shape index (κ2) is 7.41. The first-order valence-corrected chi connectivity index (χ1v) is 11.5. The van der Waals surface area contributed by atoms with Crippen molar-refractivity contribution in [2.24, 2.45) is 0 Å². The number of fused-ring (bicyclic) bond motifs is 1. The normalized spacial score (nSPS) is 21.8. The van der Waals surface area contributed by atoms with Crippen LogP contribution in [0.5, 0.6) is 0 Å². The standard InChI is InChI=1S/C16H19N3O6S2/c1-2-25-16(20)18-12-9-26(21,22)10-13(12)19-27(23,24)14-7-3-5-11-6-4-8-17-15(11)14/h3-8,12-13,19H,2,9-10H2,1H3,(H,18,20)/t12-,13-/m0/s1. The lowest BCUT2D eigenvalue weighted by Gasteiger charge is -2.20. The quantitative estimate of drug-likeness (QED) is 0.726. The van der Waals surface area contributed by atoms with E-state index >= 15 is 0 Å². The zero-order valence-corrected chi connectivity index (χ0v) is 16.1. The molecule has 2 N–H and O–H groups in total. The van der Waals surface area contributed by atoms with E-state index in [1.54, 1.807) is 31.2 Å². The van der Waals surface area contributed by atoms with Gasteiger partial charge in [-0.2, -0.15) is 0 Å². The van der Waals surface area contributed by atoms with Crippen LogP contribution < -0.4 is 10.0 Å². The molecule has 2 atom stereocenters. The Morgan fingerprint density at radius 3 is 2.67 bits per heavy atom. The Morgan fingerprint density at radius 2 is 1.93 bits per heavy atom. The van der Waals surface area contributed by atoms with E-state index in [1.165, 1.54) is 12.3 Å². The minimum absolute atomic E-state index is 0.0558. The molecule has 146 valence electrons. The van der Waals surface area contributed by atoms with Gasteiger partial charge in [-0.25, -0.2) is 26.4 Å². The Hall–Kier alpha value is -2.24. The summed E-state index contributed by atoms with van der Waals surface area (Å²) in [6.07, 6.45) is 0.683. The first kappa shape index (κ1) is 19.5. The summed E-state index contributed by atoms with van der Waals surface area (Å²) in [7, 11) is -7.59. The second-order valence-electron chi connectivity index (χ2n) is 6.11. The number of aromatic nitrogens is 1. The molecule has 1 amide bonds. The summed E-state index contributed by atoms with van der Waals surface area (Å²) in [5.41, 5.74) is 0.281. The summed E-state index contributed by atoms with van der Waals surface area (Å²) < 4.78 is 56.9. The van der Waals surface area contributed by atoms with Crippen molar-refractivity contribution in [1.29, 1.82) is 0 Å². The average Bonchev–Trinajstić information content (AvgIpc) is 2.87. The molecular formula is C16H19N3O6S2. The van der Waals surface area contributed by atoms with Gasteiger partial charge in [0.15, 0.2) is 9.84 Å². The number of benzene rings is 1. The van der Waals surface area contributed by atoms with Crippen molar-refractivity contribution in [2.45, 2.75) is 23.9 Å². The largest absolute Gasteiger partial charge is 0.450 e. The highest BCUT2D eigenvalue weighted by Crippen LogP contribution is 2.22. The fourth-order valence-corrected chi connectivity index (χ4v) is 6.41. The number of rotatable bonds is 5. The minimum Gasteiger partial charge on any atom is -0.450 e. The van der Waals surface area contributed by atoms with Gasteiger partial charge in [0.05, 0.1) is 35.7 Å². The molecule has 9 nitrogen and oxygen atoms in total. The molecule has 1 aliphatic heterocycles. The summed E-state index contributed by atoms with van der Waals surface area (Å²) in [4.78, 5) is 15.7. The topological polar surface area (TPSA) is 132 Å². The van der Waals surface area contributed by atoms with Gasteiger partial charge in [0.1, 0.15) is 4.90 Å². The SMILES string of the molecule is CCOC(=O)N[C@H]1CS(=O)(=O)C[C@@H]1NS(=O)(=O)c1cccc2cccnc12. The number of sulfone groups is 1. The fourth-order valence-electron chi connectivity index (χ4n) is 2.99. The van der Waals surface area contributed by atoms with Crippen LogP contribution in [0.25, 0.3) is 10.9 Å². The van der Waals surface area contributed by atoms with Crippen molar-refractivity contribution in [3.05, 3.63) is 36.5 Å². The monoisotopic (exact) mass is 413 g/mol. The fraction of sp³-hybridized carbons (Fsp3) is 0.375. The van der Waals surface area contributed by atoms with E-state index in [-0.39, 0.29) is 22.8 Å². The van der Waals surface area contributed by atoms with E-state index in [1.807, 2.05) is 0 Å². The molecule has 2 heterocycles. The number of ether oxygens (including phenoxy) is 1. The van der Waals surface area contributed by atoms with Gasteiger partial charge in [-0.1, -0.05) is 18.2 Å². The van der Waals surface area contributed by atoms with Gasteiger partial charge in [-0.15, -0.1) is 0 Å². The van der Waals surface area contributed by atoms with E-state index in [0.29, 0.717) is 5.39 Å². The van der Waals surface area contributed by atoms with Gasteiger partial charge >= 0.3 is 6.09 Å². The van der Waals surface area contributed by atoms with Crippen molar-refractivity contribution in [2.75, 3.05) is 18.1 Å². The number of hydrogen-bond acceptors (Lipinski definition) is 7. The number of alkyl carbamates (subject to hydrolysis) is 1. The van der Waals surface area contributed by atoms with Crippen LogP contribution in [-0.4, -0.2) is 58.1 Å². The summed E-state index contributed by atoms with van der Waals surface area (Å²) >= 11 is 0. The molecule has 1 aromatic heterocycles. The minimum atomic E-state index is -4.07. The number of nitrogens with zero attached hydrogens (tertiary/aromatic N) is 1. The summed E-state index contributed by atoms with van der Waals surface area (Å²) in [5.74, 6) is -0.783. The lowest BCUT2D eigenvalue weighted by molar-refractivity contribution is 0.148. The Balaban J connectivity index is 1.90. The predicted molar refractivity (Wildman–Crippen MR) is 98.5 cm³/mol. The zero-order valence-electron chi connectivity index (χ0n) is 14.5. The maximum atomic E-state index is 12.9. The predicted octanol–water partition coefficient (Wildman–Crippen LogP) is 0.425. The number of amides is 1. The van der Waals surface area contributed by atoms with E-state index in [0.717, 1.165) is 0 Å². The molecule has 0 saturated carbocycles. The van der Waals surface area contributed by atoms with Gasteiger partial charge in [-0.05, 0) is 19.1 Å². The Labute approximate surface area is 157 Å². The summed E-state index contributed by atoms with van der Waals surface area (Å²) in [6.45, 7) is 1.72. The van der Waals surface area contributed by atoms with Crippen molar-refractivity contribution in [3.63, 3.8) is 0 Å². The Kier molecular flexibility index (Phi) is 5.36. The molecule has 0 bridgehead atoms. The molecule has 0 unspecified atom stereocenters. The third-order valence-corrected chi connectivity index (χ3v) is 7.38. The first-order valence-electron chi connectivity index (χ1n) is 8.21. The smallest absolute Gasteiger partial charge is 0.407 e. The molecule has 3 rings (SSSR count). The molecule has 1 fully saturated rings. The highest BCUT2D eigenvalue weighted by molar-refractivity contribution is 7.92. The number of nitrogens with one attached hydrogen (secondary N) is 2. The van der Waals surface area contributed by atoms with Crippen molar-refractivity contribution >= 4 is 36.9 Å². The first-order chi connectivity index (χ1) is 12.7. The number of sulfonamides is 1. The maximum absolute atomic E-state index is 12.9. The molecule has 1 aromatic carbocycles. The van der Waals surface area contributed by atoms with Gasteiger partial charge in [-0.3, -0.25) is 4.98 Å². The highest BCUT2D eigenvalue weighted by atomic mass is 32.2. The van der Waals surface area contributed by atoms with Crippen molar-refractivity contribution in [3.8, 4) is 0 Å². The lowest BCUT2D eigenvalue weighted by Crippen LogP contribution is -2.51. The van der Waals surface area contributed by atoms with Crippen molar-refractivity contribution < 1.29 is 26.4 Å². The Morgan fingerprint density at radius 1 is 1.22 bits per heavy atom. The summed E-state index contributed by atoms with van der Waals surface area (Å²) in [6, 6.07) is 6.19. The molecule has 0 radical (unpaired) electrons. The van der Waals surface area contributed by atoms with Crippen LogP contribution in [0.3, 0.4) is 0 Å². The lowest BCUT2D eigenvalue weighted by atomic mass is 10.2. The molecular weight excluding hydrogens is 394 g/mol. The zero-order chi connectivity index (χ0) is 19.7. The van der Waals surface area contributed by atoms with Gasteiger partial charge < -0.3 is 10.1 Å². The van der Waals surface area contributed by atoms with E-state index in [4.69, 9.17) is 4.74 Å². The molecule has 27 heavy (non-hydrogen) atoms. The number of hydrogen-bond donors (Lipinski definition) is 2. The van der Waals surface area contributed by atoms with Gasteiger partial charge in [0.25, 0.3) is 0 Å². The van der Waals surface area contributed by atoms with E-state index < -0.39 is 43.8 Å². The van der Waals surface area contributed by atoms with Crippen LogP contribution in [0.4, 0.5) is 4.79 Å². The van der Waals surface area contributed by atoms with E-state index in [2.05, 4.69) is 15.0 Å². The average molecular weight is 413 g/mol. The van der Waals surface area contributed by atoms with Crippen LogP contribution in [0.2, 0.25) is 0 Å². The molecule has 0 aliphatic carbocycles. The third-order valence-electron chi connectivity index (χ3n) is 4.12.